The lowest BCUT2D eigenvalue weighted by Gasteiger charge is -2.31. The summed E-state index contributed by atoms with van der Waals surface area (Å²) >= 11 is 0. The van der Waals surface area contributed by atoms with Gasteiger partial charge in [-0.25, -0.2) is 12.8 Å². The number of nitrogens with zero attached hydrogens (tertiary/aromatic N) is 2. The molecule has 0 aliphatic heterocycles. The number of sulfonamides is 1. The summed E-state index contributed by atoms with van der Waals surface area (Å²) in [6.07, 6.45) is 0. The molecule has 190 valence electrons. The number of aryl methyl sites for hydroxylation is 2. The van der Waals surface area contributed by atoms with Gasteiger partial charge in [-0.05, 0) is 62.7 Å². The molecule has 0 aliphatic rings. The first-order valence-electron chi connectivity index (χ1n) is 11.4. The number of rotatable bonds is 9. The molecule has 3 aromatic carbocycles. The molecule has 1 atom stereocenters. The quantitative estimate of drug-likeness (QED) is 0.474. The monoisotopic (exact) mass is 511 g/mol. The van der Waals surface area contributed by atoms with Crippen LogP contribution in [0.25, 0.3) is 0 Å². The van der Waals surface area contributed by atoms with Crippen LogP contribution in [-0.2, 0) is 26.2 Å². The fourth-order valence-electron chi connectivity index (χ4n) is 3.77. The van der Waals surface area contributed by atoms with Crippen LogP contribution in [0.15, 0.2) is 77.7 Å². The molecule has 2 amide bonds. The molecule has 3 aromatic rings. The van der Waals surface area contributed by atoms with Gasteiger partial charge in [-0.1, -0.05) is 47.5 Å². The SMILES string of the molecule is CNC(=O)[C@@H](C)N(Cc1cccc(C)c1)C(=O)CN(c1ccc(F)cc1)S(=O)(=O)c1ccc(C)cc1. The van der Waals surface area contributed by atoms with E-state index in [2.05, 4.69) is 5.32 Å². The molecule has 7 nitrogen and oxygen atoms in total. The minimum Gasteiger partial charge on any atom is -0.357 e. The molecule has 0 saturated heterocycles. The van der Waals surface area contributed by atoms with Gasteiger partial charge in [-0.3, -0.25) is 13.9 Å². The molecule has 0 bridgehead atoms. The highest BCUT2D eigenvalue weighted by atomic mass is 32.2. The standard InChI is InChI=1S/C27H30FN3O4S/c1-19-8-14-25(15-9-19)36(34,35)31(24-12-10-23(28)11-13-24)18-26(32)30(21(3)27(33)29-4)17-22-7-5-6-20(2)16-22/h5-16,21H,17-18H2,1-4H3,(H,29,33)/t21-/m1/s1. The van der Waals surface area contributed by atoms with Gasteiger partial charge in [0.2, 0.25) is 11.8 Å². The van der Waals surface area contributed by atoms with Crippen molar-refractivity contribution in [3.63, 3.8) is 0 Å². The number of likely N-dealkylation sites (N-methyl/N-ethyl adjacent to an activating group) is 1. The highest BCUT2D eigenvalue weighted by Crippen LogP contribution is 2.25. The average Bonchev–Trinajstić information content (AvgIpc) is 2.85. The number of carbonyl (C=O) groups excluding carboxylic acids is 2. The number of halogens is 1. The number of anilines is 1. The molecule has 0 fully saturated rings. The van der Waals surface area contributed by atoms with Crippen molar-refractivity contribution >= 4 is 27.5 Å². The van der Waals surface area contributed by atoms with Crippen LogP contribution in [-0.4, -0.2) is 44.8 Å². The van der Waals surface area contributed by atoms with Crippen molar-refractivity contribution in [3.05, 3.63) is 95.3 Å². The van der Waals surface area contributed by atoms with E-state index in [-0.39, 0.29) is 23.0 Å². The van der Waals surface area contributed by atoms with E-state index in [1.165, 1.54) is 36.2 Å². The van der Waals surface area contributed by atoms with Gasteiger partial charge >= 0.3 is 0 Å². The van der Waals surface area contributed by atoms with Gasteiger partial charge in [-0.2, -0.15) is 0 Å². The zero-order valence-electron chi connectivity index (χ0n) is 20.7. The van der Waals surface area contributed by atoms with E-state index in [0.29, 0.717) is 0 Å². The Kier molecular flexibility index (Phi) is 8.47. The fourth-order valence-corrected chi connectivity index (χ4v) is 5.19. The molecule has 0 heterocycles. The van der Waals surface area contributed by atoms with Crippen LogP contribution in [0.3, 0.4) is 0 Å². The maximum absolute atomic E-state index is 13.6. The smallest absolute Gasteiger partial charge is 0.264 e. The van der Waals surface area contributed by atoms with Gasteiger partial charge in [0.25, 0.3) is 10.0 Å². The Balaban J connectivity index is 2.02. The van der Waals surface area contributed by atoms with Gasteiger partial charge in [0, 0.05) is 13.6 Å². The third-order valence-corrected chi connectivity index (χ3v) is 7.64. The topological polar surface area (TPSA) is 86.8 Å². The van der Waals surface area contributed by atoms with Crippen molar-refractivity contribution in [2.24, 2.45) is 0 Å². The maximum atomic E-state index is 13.6. The number of hydrogen-bond acceptors (Lipinski definition) is 4. The molecule has 36 heavy (non-hydrogen) atoms. The van der Waals surface area contributed by atoms with E-state index < -0.39 is 34.3 Å². The second-order valence-corrected chi connectivity index (χ2v) is 10.5. The molecule has 0 spiro atoms. The van der Waals surface area contributed by atoms with Gasteiger partial charge in [0.15, 0.2) is 0 Å². The Hall–Kier alpha value is -3.72. The summed E-state index contributed by atoms with van der Waals surface area (Å²) in [4.78, 5) is 27.5. The van der Waals surface area contributed by atoms with Crippen LogP contribution in [0, 0.1) is 19.7 Å². The average molecular weight is 512 g/mol. The van der Waals surface area contributed by atoms with Crippen molar-refractivity contribution < 1.29 is 22.4 Å². The molecule has 9 heteroatoms. The molecule has 1 N–H and O–H groups in total. The van der Waals surface area contributed by atoms with Crippen molar-refractivity contribution in [2.75, 3.05) is 17.9 Å². The van der Waals surface area contributed by atoms with Crippen molar-refractivity contribution in [1.29, 1.82) is 0 Å². The lowest BCUT2D eigenvalue weighted by Crippen LogP contribution is -2.50. The van der Waals surface area contributed by atoms with Crippen LogP contribution in [0.5, 0.6) is 0 Å². The van der Waals surface area contributed by atoms with E-state index in [1.54, 1.807) is 19.1 Å². The molecule has 0 unspecified atom stereocenters. The van der Waals surface area contributed by atoms with Crippen LogP contribution in [0.4, 0.5) is 10.1 Å². The zero-order chi connectivity index (χ0) is 26.5. The predicted molar refractivity (Wildman–Crippen MR) is 137 cm³/mol. The van der Waals surface area contributed by atoms with E-state index in [1.807, 2.05) is 38.1 Å². The van der Waals surface area contributed by atoms with Crippen molar-refractivity contribution in [2.45, 2.75) is 38.3 Å². The molecule has 0 saturated carbocycles. The Morgan fingerprint density at radius 3 is 2.17 bits per heavy atom. The zero-order valence-corrected chi connectivity index (χ0v) is 21.5. The van der Waals surface area contributed by atoms with Gasteiger partial charge in [0.05, 0.1) is 10.6 Å². The Morgan fingerprint density at radius 2 is 1.58 bits per heavy atom. The number of carbonyl (C=O) groups is 2. The Morgan fingerprint density at radius 1 is 0.944 bits per heavy atom. The van der Waals surface area contributed by atoms with Gasteiger partial charge in [0.1, 0.15) is 18.4 Å². The number of benzene rings is 3. The van der Waals surface area contributed by atoms with Crippen molar-refractivity contribution in [3.8, 4) is 0 Å². The second-order valence-electron chi connectivity index (χ2n) is 8.60. The summed E-state index contributed by atoms with van der Waals surface area (Å²) in [5, 5.41) is 2.54. The fraction of sp³-hybridized carbons (Fsp3) is 0.259. The summed E-state index contributed by atoms with van der Waals surface area (Å²) < 4.78 is 41.8. The molecule has 0 aliphatic carbocycles. The first kappa shape index (κ1) is 26.9. The number of nitrogens with one attached hydrogen (secondary N) is 1. The highest BCUT2D eigenvalue weighted by molar-refractivity contribution is 7.92. The van der Waals surface area contributed by atoms with E-state index in [4.69, 9.17) is 0 Å². The third kappa shape index (κ3) is 6.28. The lowest BCUT2D eigenvalue weighted by molar-refractivity contribution is -0.139. The molecule has 0 aromatic heterocycles. The summed E-state index contributed by atoms with van der Waals surface area (Å²) in [6, 6.07) is 17.8. The summed E-state index contributed by atoms with van der Waals surface area (Å²) in [5.74, 6) is -1.49. The maximum Gasteiger partial charge on any atom is 0.264 e. The van der Waals surface area contributed by atoms with Crippen LogP contribution >= 0.6 is 0 Å². The lowest BCUT2D eigenvalue weighted by atomic mass is 10.1. The van der Waals surface area contributed by atoms with E-state index >= 15 is 0 Å². The summed E-state index contributed by atoms with van der Waals surface area (Å²) in [5.41, 5.74) is 2.80. The molecular formula is C27H30FN3O4S. The summed E-state index contributed by atoms with van der Waals surface area (Å²) in [7, 11) is -2.71. The van der Waals surface area contributed by atoms with Gasteiger partial charge < -0.3 is 10.2 Å². The number of hydrogen-bond donors (Lipinski definition) is 1. The molecular weight excluding hydrogens is 481 g/mol. The Labute approximate surface area is 211 Å². The summed E-state index contributed by atoms with van der Waals surface area (Å²) in [6.45, 7) is 4.87. The van der Waals surface area contributed by atoms with E-state index in [0.717, 1.165) is 33.1 Å². The molecule has 3 rings (SSSR count). The van der Waals surface area contributed by atoms with Crippen LogP contribution in [0.1, 0.15) is 23.6 Å². The van der Waals surface area contributed by atoms with Crippen molar-refractivity contribution in [1.82, 2.24) is 10.2 Å². The normalized spacial score (nSPS) is 12.0. The van der Waals surface area contributed by atoms with Gasteiger partial charge in [-0.15, -0.1) is 0 Å². The first-order chi connectivity index (χ1) is 17.0. The van der Waals surface area contributed by atoms with E-state index in [9.17, 15) is 22.4 Å². The van der Waals surface area contributed by atoms with Crippen LogP contribution in [0.2, 0.25) is 0 Å². The minimum atomic E-state index is -4.18. The highest BCUT2D eigenvalue weighted by Gasteiger charge is 2.32. The predicted octanol–water partition coefficient (Wildman–Crippen LogP) is 3.80. The first-order valence-corrected chi connectivity index (χ1v) is 12.9. The third-order valence-electron chi connectivity index (χ3n) is 5.85. The molecule has 0 radical (unpaired) electrons. The minimum absolute atomic E-state index is 0.00481. The second kappa shape index (κ2) is 11.3. The van der Waals surface area contributed by atoms with Crippen LogP contribution < -0.4 is 9.62 Å². The largest absolute Gasteiger partial charge is 0.357 e. The number of amides is 2. The Bertz CT molecular complexity index is 1330.